The fourth-order valence-corrected chi connectivity index (χ4v) is 3.22. The van der Waals surface area contributed by atoms with Gasteiger partial charge in [-0.15, -0.1) is 0 Å². The summed E-state index contributed by atoms with van der Waals surface area (Å²) in [5.74, 6) is 0.463. The van der Waals surface area contributed by atoms with Gasteiger partial charge in [0, 0.05) is 5.39 Å². The van der Waals surface area contributed by atoms with E-state index in [4.69, 9.17) is 10.5 Å². The minimum atomic E-state index is 0.135. The lowest BCUT2D eigenvalue weighted by Gasteiger charge is -2.16. The van der Waals surface area contributed by atoms with Crippen molar-refractivity contribution in [2.45, 2.75) is 26.5 Å². The van der Waals surface area contributed by atoms with Crippen LogP contribution in [-0.4, -0.2) is 21.1 Å². The van der Waals surface area contributed by atoms with Crippen LogP contribution in [-0.2, 0) is 11.3 Å². The van der Waals surface area contributed by atoms with E-state index in [9.17, 15) is 0 Å². The molecule has 0 aliphatic rings. The highest BCUT2D eigenvalue weighted by Gasteiger charge is 2.15. The summed E-state index contributed by atoms with van der Waals surface area (Å²) in [6.07, 6.45) is 1.83. The lowest BCUT2D eigenvalue weighted by atomic mass is 10.1. The summed E-state index contributed by atoms with van der Waals surface area (Å²) >= 11 is 0. The number of pyridine rings is 1. The SMILES string of the molecule is Cc1ccc(COCC(C)n2cnc3c(N)nc4ccccc4c32)cc1. The van der Waals surface area contributed by atoms with Gasteiger partial charge in [0.15, 0.2) is 5.82 Å². The topological polar surface area (TPSA) is 66.0 Å². The number of fused-ring (bicyclic) bond motifs is 3. The number of anilines is 1. The standard InChI is InChI=1S/C21H22N4O/c1-14-7-9-16(10-8-14)12-26-11-15(2)25-13-23-19-20(25)17-5-3-4-6-18(17)24-21(19)22/h3-10,13,15H,11-12H2,1-2H3,(H2,22,24). The Morgan fingerprint density at radius 1 is 1.12 bits per heavy atom. The van der Waals surface area contributed by atoms with Crippen molar-refractivity contribution in [1.29, 1.82) is 0 Å². The summed E-state index contributed by atoms with van der Waals surface area (Å²) in [6, 6.07) is 16.6. The number of hydrogen-bond donors (Lipinski definition) is 1. The van der Waals surface area contributed by atoms with Crippen LogP contribution in [0.1, 0.15) is 24.1 Å². The first-order valence-electron chi connectivity index (χ1n) is 8.77. The summed E-state index contributed by atoms with van der Waals surface area (Å²) < 4.78 is 8.07. The average Bonchev–Trinajstić information content (AvgIpc) is 3.09. The van der Waals surface area contributed by atoms with Gasteiger partial charge < -0.3 is 15.0 Å². The van der Waals surface area contributed by atoms with E-state index in [-0.39, 0.29) is 6.04 Å². The molecule has 0 saturated carbocycles. The first-order chi connectivity index (χ1) is 12.6. The summed E-state index contributed by atoms with van der Waals surface area (Å²) in [5.41, 5.74) is 11.2. The van der Waals surface area contributed by atoms with Crippen LogP contribution in [0.4, 0.5) is 5.82 Å². The van der Waals surface area contributed by atoms with Gasteiger partial charge in [-0.05, 0) is 25.5 Å². The van der Waals surface area contributed by atoms with Gasteiger partial charge in [-0.1, -0.05) is 48.0 Å². The summed E-state index contributed by atoms with van der Waals surface area (Å²) in [6.45, 7) is 5.40. The van der Waals surface area contributed by atoms with Crippen molar-refractivity contribution >= 4 is 27.8 Å². The van der Waals surface area contributed by atoms with Crippen LogP contribution in [0.15, 0.2) is 54.9 Å². The summed E-state index contributed by atoms with van der Waals surface area (Å²) in [5, 5.41) is 1.06. The van der Waals surface area contributed by atoms with Gasteiger partial charge in [0.2, 0.25) is 0 Å². The van der Waals surface area contributed by atoms with E-state index in [1.54, 1.807) is 0 Å². The largest absolute Gasteiger partial charge is 0.382 e. The van der Waals surface area contributed by atoms with Crippen molar-refractivity contribution in [3.63, 3.8) is 0 Å². The molecule has 26 heavy (non-hydrogen) atoms. The van der Waals surface area contributed by atoms with Crippen molar-refractivity contribution < 1.29 is 4.74 Å². The second-order valence-electron chi connectivity index (χ2n) is 6.71. The maximum atomic E-state index is 6.11. The predicted molar refractivity (Wildman–Crippen MR) is 105 cm³/mol. The minimum absolute atomic E-state index is 0.135. The van der Waals surface area contributed by atoms with Gasteiger partial charge >= 0.3 is 0 Å². The van der Waals surface area contributed by atoms with Crippen LogP contribution in [0.25, 0.3) is 21.9 Å². The maximum Gasteiger partial charge on any atom is 0.152 e. The molecule has 0 spiro atoms. The summed E-state index contributed by atoms with van der Waals surface area (Å²) in [7, 11) is 0. The Bertz CT molecular complexity index is 1050. The molecule has 0 amide bonds. The van der Waals surface area contributed by atoms with Crippen molar-refractivity contribution in [2.75, 3.05) is 12.3 Å². The highest BCUT2D eigenvalue weighted by atomic mass is 16.5. The summed E-state index contributed by atoms with van der Waals surface area (Å²) in [4.78, 5) is 8.94. The third-order valence-electron chi connectivity index (χ3n) is 4.66. The molecule has 0 fully saturated rings. The lowest BCUT2D eigenvalue weighted by Crippen LogP contribution is -2.11. The van der Waals surface area contributed by atoms with Crippen molar-refractivity contribution in [3.05, 3.63) is 66.0 Å². The molecule has 1 unspecified atom stereocenters. The molecule has 2 aromatic heterocycles. The van der Waals surface area contributed by atoms with E-state index in [2.05, 4.69) is 58.7 Å². The van der Waals surface area contributed by atoms with Crippen LogP contribution in [0, 0.1) is 6.92 Å². The van der Waals surface area contributed by atoms with Crippen molar-refractivity contribution in [1.82, 2.24) is 14.5 Å². The fraction of sp³-hybridized carbons (Fsp3) is 0.238. The molecule has 0 aliphatic carbocycles. The number of nitrogens with two attached hydrogens (primary N) is 1. The quantitative estimate of drug-likeness (QED) is 0.586. The molecular weight excluding hydrogens is 324 g/mol. The van der Waals surface area contributed by atoms with E-state index in [1.807, 2.05) is 24.5 Å². The number of aryl methyl sites for hydroxylation is 1. The van der Waals surface area contributed by atoms with Crippen LogP contribution in [0.5, 0.6) is 0 Å². The van der Waals surface area contributed by atoms with E-state index < -0.39 is 0 Å². The lowest BCUT2D eigenvalue weighted by molar-refractivity contribution is 0.0958. The normalized spacial score (nSPS) is 12.7. The Labute approximate surface area is 152 Å². The molecule has 132 valence electrons. The van der Waals surface area contributed by atoms with Crippen LogP contribution in [0.2, 0.25) is 0 Å². The molecule has 1 atom stereocenters. The van der Waals surface area contributed by atoms with Gasteiger partial charge in [0.1, 0.15) is 5.52 Å². The second kappa shape index (κ2) is 6.77. The number of para-hydroxylation sites is 1. The zero-order chi connectivity index (χ0) is 18.1. The second-order valence-corrected chi connectivity index (χ2v) is 6.71. The first kappa shape index (κ1) is 16.5. The Morgan fingerprint density at radius 2 is 1.88 bits per heavy atom. The molecule has 0 saturated heterocycles. The number of nitrogen functional groups attached to an aromatic ring is 1. The van der Waals surface area contributed by atoms with E-state index in [0.717, 1.165) is 21.9 Å². The molecule has 0 bridgehead atoms. The highest BCUT2D eigenvalue weighted by Crippen LogP contribution is 2.29. The van der Waals surface area contributed by atoms with Gasteiger partial charge in [0.05, 0.1) is 36.6 Å². The third-order valence-corrected chi connectivity index (χ3v) is 4.66. The van der Waals surface area contributed by atoms with Gasteiger partial charge in [-0.25, -0.2) is 9.97 Å². The number of aromatic nitrogens is 3. The molecule has 4 rings (SSSR count). The van der Waals surface area contributed by atoms with Crippen molar-refractivity contribution in [2.24, 2.45) is 0 Å². The molecular formula is C21H22N4O. The van der Waals surface area contributed by atoms with Crippen LogP contribution < -0.4 is 5.73 Å². The average molecular weight is 346 g/mol. The molecule has 0 aliphatic heterocycles. The Morgan fingerprint density at radius 3 is 2.69 bits per heavy atom. The van der Waals surface area contributed by atoms with Gasteiger partial charge in [0.25, 0.3) is 0 Å². The molecule has 0 radical (unpaired) electrons. The molecule has 5 heteroatoms. The molecule has 2 aromatic carbocycles. The highest BCUT2D eigenvalue weighted by molar-refractivity contribution is 6.06. The molecule has 2 N–H and O–H groups in total. The fourth-order valence-electron chi connectivity index (χ4n) is 3.22. The van der Waals surface area contributed by atoms with Crippen LogP contribution >= 0.6 is 0 Å². The zero-order valence-electron chi connectivity index (χ0n) is 15.0. The first-order valence-corrected chi connectivity index (χ1v) is 8.77. The van der Waals surface area contributed by atoms with Gasteiger partial charge in [-0.2, -0.15) is 0 Å². The van der Waals surface area contributed by atoms with Crippen LogP contribution in [0.3, 0.4) is 0 Å². The number of nitrogens with zero attached hydrogens (tertiary/aromatic N) is 3. The van der Waals surface area contributed by atoms with E-state index in [1.165, 1.54) is 11.1 Å². The zero-order valence-corrected chi connectivity index (χ0v) is 15.0. The third kappa shape index (κ3) is 3.02. The van der Waals surface area contributed by atoms with E-state index in [0.29, 0.717) is 19.0 Å². The Balaban J connectivity index is 1.58. The monoisotopic (exact) mass is 346 g/mol. The molecule has 4 aromatic rings. The predicted octanol–water partition coefficient (Wildman–Crippen LogP) is 4.25. The molecule has 2 heterocycles. The Kier molecular flexibility index (Phi) is 4.31. The number of ether oxygens (including phenoxy) is 1. The maximum absolute atomic E-state index is 6.11. The minimum Gasteiger partial charge on any atom is -0.382 e. The van der Waals surface area contributed by atoms with Gasteiger partial charge in [-0.3, -0.25) is 0 Å². The van der Waals surface area contributed by atoms with Crippen molar-refractivity contribution in [3.8, 4) is 0 Å². The molecule has 5 nitrogen and oxygen atoms in total. The number of hydrogen-bond acceptors (Lipinski definition) is 4. The number of imidazole rings is 1. The smallest absolute Gasteiger partial charge is 0.152 e. The Hall–Kier alpha value is -2.92. The van der Waals surface area contributed by atoms with E-state index >= 15 is 0 Å². The number of benzene rings is 2. The number of rotatable bonds is 5.